The van der Waals surface area contributed by atoms with Gasteiger partial charge in [-0.3, -0.25) is 4.90 Å². The van der Waals surface area contributed by atoms with Crippen LogP contribution in [0, 0.1) is 0 Å². The summed E-state index contributed by atoms with van der Waals surface area (Å²) in [6.07, 6.45) is 0.972. The number of benzene rings is 1. The van der Waals surface area contributed by atoms with Crippen molar-refractivity contribution < 1.29 is 9.47 Å². The topological polar surface area (TPSA) is 47.7 Å². The van der Waals surface area contributed by atoms with Gasteiger partial charge in [-0.2, -0.15) is 0 Å². The summed E-state index contributed by atoms with van der Waals surface area (Å²) < 4.78 is 11.2. The molecule has 19 heavy (non-hydrogen) atoms. The van der Waals surface area contributed by atoms with Gasteiger partial charge >= 0.3 is 0 Å². The minimum atomic E-state index is -0.102. The number of nitrogens with two attached hydrogens (primary N) is 1. The van der Waals surface area contributed by atoms with Crippen LogP contribution in [-0.2, 0) is 11.3 Å². The van der Waals surface area contributed by atoms with Crippen molar-refractivity contribution in [1.82, 2.24) is 4.90 Å². The largest absolute Gasteiger partial charge is 0.492 e. The first kappa shape index (κ1) is 14.3. The Morgan fingerprint density at radius 2 is 2.21 bits per heavy atom. The zero-order valence-corrected chi connectivity index (χ0v) is 11.9. The molecule has 1 heterocycles. The van der Waals surface area contributed by atoms with Crippen molar-refractivity contribution in [2.45, 2.75) is 25.4 Å². The number of hydrogen-bond donors (Lipinski definition) is 1. The van der Waals surface area contributed by atoms with E-state index in [4.69, 9.17) is 15.2 Å². The van der Waals surface area contributed by atoms with Gasteiger partial charge in [-0.05, 0) is 12.5 Å². The lowest BCUT2D eigenvalue weighted by Gasteiger charge is -2.41. The highest BCUT2D eigenvalue weighted by atomic mass is 16.5. The molecule has 0 saturated carbocycles. The second kappa shape index (κ2) is 6.37. The molecular weight excluding hydrogens is 240 g/mol. The number of hydrogen-bond acceptors (Lipinski definition) is 4. The van der Waals surface area contributed by atoms with E-state index in [-0.39, 0.29) is 5.54 Å². The van der Waals surface area contributed by atoms with E-state index in [1.807, 2.05) is 12.1 Å². The summed E-state index contributed by atoms with van der Waals surface area (Å²) in [6.45, 7) is 5.86. The van der Waals surface area contributed by atoms with Gasteiger partial charge in [0.2, 0.25) is 0 Å². The minimum absolute atomic E-state index is 0.102. The number of fused-ring (bicyclic) bond motifs is 1. The van der Waals surface area contributed by atoms with Crippen LogP contribution in [0.2, 0.25) is 0 Å². The first-order chi connectivity index (χ1) is 9.25. The molecule has 0 spiro atoms. The molecule has 4 heteroatoms. The molecule has 1 atom stereocenters. The van der Waals surface area contributed by atoms with Crippen molar-refractivity contribution in [1.29, 1.82) is 0 Å². The van der Waals surface area contributed by atoms with Gasteiger partial charge in [-0.15, -0.1) is 0 Å². The molecule has 0 saturated heterocycles. The molecular formula is C15H24N2O2. The van der Waals surface area contributed by atoms with E-state index >= 15 is 0 Å². The maximum absolute atomic E-state index is 6.04. The van der Waals surface area contributed by atoms with Gasteiger partial charge in [0.05, 0.1) is 12.1 Å². The molecule has 0 bridgehead atoms. The lowest BCUT2D eigenvalue weighted by molar-refractivity contribution is 0.00418. The summed E-state index contributed by atoms with van der Waals surface area (Å²) in [5.74, 6) is 0.990. The maximum Gasteiger partial charge on any atom is 0.123 e. The van der Waals surface area contributed by atoms with Gasteiger partial charge in [0.1, 0.15) is 12.4 Å². The summed E-state index contributed by atoms with van der Waals surface area (Å²) in [6, 6.07) is 8.22. The van der Waals surface area contributed by atoms with E-state index in [0.29, 0.717) is 19.8 Å². The number of rotatable bonds is 5. The molecule has 0 amide bonds. The van der Waals surface area contributed by atoms with E-state index in [1.54, 1.807) is 7.11 Å². The average Bonchev–Trinajstić information content (AvgIpc) is 2.67. The second-order valence-corrected chi connectivity index (χ2v) is 5.09. The lowest BCUT2D eigenvalue weighted by atomic mass is 9.94. The van der Waals surface area contributed by atoms with Crippen molar-refractivity contribution >= 4 is 0 Å². The predicted molar refractivity (Wildman–Crippen MR) is 76.3 cm³/mol. The molecule has 0 aliphatic carbocycles. The molecule has 0 radical (unpaired) electrons. The van der Waals surface area contributed by atoms with Crippen LogP contribution in [-0.4, -0.2) is 43.9 Å². The number of para-hydroxylation sites is 1. The van der Waals surface area contributed by atoms with Crippen LogP contribution in [0.15, 0.2) is 24.3 Å². The van der Waals surface area contributed by atoms with Crippen molar-refractivity contribution in [3.8, 4) is 5.75 Å². The summed E-state index contributed by atoms with van der Waals surface area (Å²) in [5.41, 5.74) is 7.17. The van der Waals surface area contributed by atoms with Crippen LogP contribution in [0.5, 0.6) is 5.75 Å². The third-order valence-corrected chi connectivity index (χ3v) is 4.07. The average molecular weight is 264 g/mol. The quantitative estimate of drug-likeness (QED) is 0.878. The summed E-state index contributed by atoms with van der Waals surface area (Å²) in [5, 5.41) is 0. The van der Waals surface area contributed by atoms with Gasteiger partial charge in [0, 0.05) is 32.3 Å². The smallest absolute Gasteiger partial charge is 0.123 e. The summed E-state index contributed by atoms with van der Waals surface area (Å²) >= 11 is 0. The molecule has 1 aliphatic rings. The first-order valence-electron chi connectivity index (χ1n) is 6.90. The fourth-order valence-corrected chi connectivity index (χ4v) is 2.75. The highest BCUT2D eigenvalue weighted by Gasteiger charge is 2.35. The van der Waals surface area contributed by atoms with E-state index < -0.39 is 0 Å². The SMILES string of the molecule is CCC(CN)(COC)N1CCOc2ccccc2C1. The fraction of sp³-hybridized carbons (Fsp3) is 0.600. The van der Waals surface area contributed by atoms with Gasteiger partial charge in [0.15, 0.2) is 0 Å². The molecule has 0 fully saturated rings. The van der Waals surface area contributed by atoms with E-state index in [9.17, 15) is 0 Å². The van der Waals surface area contributed by atoms with Gasteiger partial charge in [-0.1, -0.05) is 25.1 Å². The van der Waals surface area contributed by atoms with Crippen LogP contribution in [0.4, 0.5) is 0 Å². The van der Waals surface area contributed by atoms with Gasteiger partial charge in [0.25, 0.3) is 0 Å². The van der Waals surface area contributed by atoms with Gasteiger partial charge in [-0.25, -0.2) is 0 Å². The molecule has 1 aliphatic heterocycles. The zero-order valence-electron chi connectivity index (χ0n) is 11.9. The Hall–Kier alpha value is -1.10. The summed E-state index contributed by atoms with van der Waals surface area (Å²) in [4.78, 5) is 2.41. The molecule has 0 aromatic heterocycles. The van der Waals surface area contributed by atoms with E-state index in [2.05, 4.69) is 24.0 Å². The Morgan fingerprint density at radius 1 is 1.42 bits per heavy atom. The minimum Gasteiger partial charge on any atom is -0.492 e. The van der Waals surface area contributed by atoms with Crippen LogP contribution in [0.3, 0.4) is 0 Å². The molecule has 1 unspecified atom stereocenters. The van der Waals surface area contributed by atoms with Crippen molar-refractivity contribution in [2.24, 2.45) is 5.73 Å². The molecule has 1 aromatic carbocycles. The second-order valence-electron chi connectivity index (χ2n) is 5.09. The highest BCUT2D eigenvalue weighted by Crippen LogP contribution is 2.28. The molecule has 106 valence electrons. The Balaban J connectivity index is 2.25. The zero-order chi connectivity index (χ0) is 13.7. The molecule has 2 rings (SSSR count). The van der Waals surface area contributed by atoms with Crippen LogP contribution < -0.4 is 10.5 Å². The van der Waals surface area contributed by atoms with Crippen molar-refractivity contribution in [2.75, 3.05) is 33.4 Å². The van der Waals surface area contributed by atoms with E-state index in [1.165, 1.54) is 5.56 Å². The molecule has 4 nitrogen and oxygen atoms in total. The normalized spacial score (nSPS) is 19.1. The third kappa shape index (κ3) is 2.91. The first-order valence-corrected chi connectivity index (χ1v) is 6.90. The van der Waals surface area contributed by atoms with Crippen LogP contribution >= 0.6 is 0 Å². The maximum atomic E-state index is 6.04. The van der Waals surface area contributed by atoms with Crippen molar-refractivity contribution in [3.05, 3.63) is 29.8 Å². The van der Waals surface area contributed by atoms with E-state index in [0.717, 1.165) is 25.3 Å². The van der Waals surface area contributed by atoms with Crippen molar-refractivity contribution in [3.63, 3.8) is 0 Å². The summed E-state index contributed by atoms with van der Waals surface area (Å²) in [7, 11) is 1.74. The monoisotopic (exact) mass is 264 g/mol. The Bertz CT molecular complexity index is 405. The Morgan fingerprint density at radius 3 is 2.89 bits per heavy atom. The molecule has 2 N–H and O–H groups in total. The van der Waals surface area contributed by atoms with Gasteiger partial charge < -0.3 is 15.2 Å². The molecule has 1 aromatic rings. The number of nitrogens with zero attached hydrogens (tertiary/aromatic N) is 1. The Kier molecular flexibility index (Phi) is 4.80. The lowest BCUT2D eigenvalue weighted by Crippen LogP contribution is -2.56. The predicted octanol–water partition coefficient (Wildman–Crippen LogP) is 1.63. The van der Waals surface area contributed by atoms with Crippen LogP contribution in [0.25, 0.3) is 0 Å². The standard InChI is InChI=1S/C15H24N2O2/c1-3-15(11-16,12-18-2)17-8-9-19-14-7-5-4-6-13(14)10-17/h4-7H,3,8-12,16H2,1-2H3. The third-order valence-electron chi connectivity index (χ3n) is 4.07. The fourth-order valence-electron chi connectivity index (χ4n) is 2.75. The highest BCUT2D eigenvalue weighted by molar-refractivity contribution is 5.34. The van der Waals surface area contributed by atoms with Crippen LogP contribution in [0.1, 0.15) is 18.9 Å². The Labute approximate surface area is 115 Å². The number of ether oxygens (including phenoxy) is 2. The number of methoxy groups -OCH3 is 1.